The zero-order chi connectivity index (χ0) is 28.6. The number of imidazole rings is 1. The van der Waals surface area contributed by atoms with Gasteiger partial charge in [0, 0.05) is 28.9 Å². The molecule has 42 heavy (non-hydrogen) atoms. The Balaban J connectivity index is 1.24. The van der Waals surface area contributed by atoms with Crippen LogP contribution in [0.5, 0.6) is 0 Å². The van der Waals surface area contributed by atoms with Crippen LogP contribution in [0.4, 0.5) is 14.5 Å². The highest BCUT2D eigenvalue weighted by Crippen LogP contribution is 2.34. The first-order valence-electron chi connectivity index (χ1n) is 13.1. The Morgan fingerprint density at radius 2 is 1.69 bits per heavy atom. The van der Waals surface area contributed by atoms with Gasteiger partial charge in [-0.05, 0) is 59.7 Å². The molecule has 8 nitrogen and oxygen atoms in total. The number of carbonyl (C=O) groups excluding carboxylic acids is 1. The fourth-order valence-electron chi connectivity index (χ4n) is 4.95. The van der Waals surface area contributed by atoms with Gasteiger partial charge in [0.25, 0.3) is 0 Å². The molecule has 0 unspecified atom stereocenters. The molecule has 0 saturated heterocycles. The molecule has 0 aliphatic rings. The molecule has 7 aromatic rings. The highest BCUT2D eigenvalue weighted by Gasteiger charge is 2.18. The molecular formula is C32H21F2N7O. The van der Waals surface area contributed by atoms with Gasteiger partial charge >= 0.3 is 0 Å². The second-order valence-corrected chi connectivity index (χ2v) is 9.77. The van der Waals surface area contributed by atoms with E-state index in [1.165, 1.54) is 18.2 Å². The molecule has 0 spiro atoms. The van der Waals surface area contributed by atoms with Crippen LogP contribution in [0.15, 0.2) is 97.5 Å². The number of halogens is 2. The number of H-pyrrole nitrogens is 2. The number of nitrogens with one attached hydrogen (secondary N) is 3. The van der Waals surface area contributed by atoms with Gasteiger partial charge in [0.1, 0.15) is 22.5 Å². The van der Waals surface area contributed by atoms with Crippen LogP contribution in [0.1, 0.15) is 5.56 Å². The van der Waals surface area contributed by atoms with Crippen molar-refractivity contribution in [3.8, 4) is 33.9 Å². The van der Waals surface area contributed by atoms with Gasteiger partial charge in [-0.3, -0.25) is 19.9 Å². The summed E-state index contributed by atoms with van der Waals surface area (Å²) in [5, 5.41) is 10.5. The minimum atomic E-state index is -0.520. The lowest BCUT2D eigenvalue weighted by molar-refractivity contribution is -0.115. The highest BCUT2D eigenvalue weighted by atomic mass is 19.1. The third-order valence-corrected chi connectivity index (χ3v) is 6.93. The standard InChI is InChI=1S/C32H21F2N7O/c33-22-8-6-19(7-9-22)28-31-26(10-11-36-28)38-32(39-31)30-24-14-20(15-25(34)29(24)40-41-30)21-13-23(17-35-16-21)37-27(42)12-18-4-2-1-3-5-18/h1-11,13-17H,12H2,(H,37,42)(H,38,39)(H,40,41). The summed E-state index contributed by atoms with van der Waals surface area (Å²) in [6.45, 7) is 0. The zero-order valence-corrected chi connectivity index (χ0v) is 21.9. The van der Waals surface area contributed by atoms with Crippen LogP contribution in [-0.2, 0) is 11.2 Å². The molecular weight excluding hydrogens is 536 g/mol. The third-order valence-electron chi connectivity index (χ3n) is 6.93. The Labute approximate surface area is 237 Å². The summed E-state index contributed by atoms with van der Waals surface area (Å²) < 4.78 is 28.8. The van der Waals surface area contributed by atoms with Crippen molar-refractivity contribution in [2.24, 2.45) is 0 Å². The Kier molecular flexibility index (Phi) is 6.20. The summed E-state index contributed by atoms with van der Waals surface area (Å²) in [6, 6.07) is 22.2. The predicted octanol–water partition coefficient (Wildman–Crippen LogP) is 6.69. The average molecular weight is 558 g/mol. The Morgan fingerprint density at radius 3 is 2.52 bits per heavy atom. The van der Waals surface area contributed by atoms with E-state index in [-0.39, 0.29) is 23.7 Å². The molecule has 0 atom stereocenters. The van der Waals surface area contributed by atoms with Crippen molar-refractivity contribution >= 4 is 33.5 Å². The summed E-state index contributed by atoms with van der Waals surface area (Å²) in [6.07, 6.45) is 5.02. The highest BCUT2D eigenvalue weighted by molar-refractivity contribution is 5.98. The van der Waals surface area contributed by atoms with E-state index in [1.54, 1.807) is 48.9 Å². The topological polar surface area (TPSA) is 112 Å². The van der Waals surface area contributed by atoms with E-state index < -0.39 is 5.82 Å². The van der Waals surface area contributed by atoms with E-state index in [4.69, 9.17) is 4.98 Å². The molecule has 0 aliphatic heterocycles. The number of benzene rings is 3. The van der Waals surface area contributed by atoms with Crippen molar-refractivity contribution in [1.29, 1.82) is 0 Å². The maximum absolute atomic E-state index is 15.3. The van der Waals surface area contributed by atoms with E-state index in [0.29, 0.717) is 56.0 Å². The summed E-state index contributed by atoms with van der Waals surface area (Å²) in [5.41, 5.74) is 5.81. The fourth-order valence-corrected chi connectivity index (χ4v) is 4.95. The smallest absolute Gasteiger partial charge is 0.228 e. The second-order valence-electron chi connectivity index (χ2n) is 9.77. The van der Waals surface area contributed by atoms with Crippen LogP contribution >= 0.6 is 0 Å². The first kappa shape index (κ1) is 25.2. The number of rotatable bonds is 6. The molecule has 1 amide bonds. The quantitative estimate of drug-likeness (QED) is 0.211. The molecule has 4 aromatic heterocycles. The Hall–Kier alpha value is -5.77. The van der Waals surface area contributed by atoms with Crippen LogP contribution in [0.2, 0.25) is 0 Å². The Morgan fingerprint density at radius 1 is 0.857 bits per heavy atom. The molecule has 4 heterocycles. The van der Waals surface area contributed by atoms with Gasteiger partial charge in [-0.2, -0.15) is 5.10 Å². The van der Waals surface area contributed by atoms with Gasteiger partial charge in [-0.25, -0.2) is 13.8 Å². The molecule has 3 N–H and O–H groups in total. The number of anilines is 1. The van der Waals surface area contributed by atoms with Crippen molar-refractivity contribution in [2.75, 3.05) is 5.32 Å². The van der Waals surface area contributed by atoms with Crippen molar-refractivity contribution in [3.05, 3.63) is 115 Å². The molecule has 0 bridgehead atoms. The van der Waals surface area contributed by atoms with Gasteiger partial charge in [0.15, 0.2) is 11.6 Å². The van der Waals surface area contributed by atoms with Crippen LogP contribution in [0, 0.1) is 11.6 Å². The monoisotopic (exact) mass is 557 g/mol. The van der Waals surface area contributed by atoms with Crippen LogP contribution < -0.4 is 5.32 Å². The first-order chi connectivity index (χ1) is 20.5. The van der Waals surface area contributed by atoms with E-state index in [2.05, 4.69) is 30.5 Å². The summed E-state index contributed by atoms with van der Waals surface area (Å²) in [4.78, 5) is 29.3. The summed E-state index contributed by atoms with van der Waals surface area (Å²) in [5.74, 6) is -0.599. The van der Waals surface area contributed by atoms with Crippen molar-refractivity contribution in [1.82, 2.24) is 30.1 Å². The largest absolute Gasteiger partial charge is 0.337 e. The lowest BCUT2D eigenvalue weighted by atomic mass is 10.0. The minimum Gasteiger partial charge on any atom is -0.337 e. The van der Waals surface area contributed by atoms with E-state index in [1.807, 2.05) is 30.3 Å². The number of hydrogen-bond donors (Lipinski definition) is 3. The van der Waals surface area contributed by atoms with Gasteiger partial charge < -0.3 is 10.3 Å². The van der Waals surface area contributed by atoms with Crippen LogP contribution in [0.3, 0.4) is 0 Å². The second kappa shape index (κ2) is 10.3. The van der Waals surface area contributed by atoms with E-state index in [0.717, 1.165) is 5.56 Å². The average Bonchev–Trinajstić information content (AvgIpc) is 3.63. The van der Waals surface area contributed by atoms with Gasteiger partial charge in [-0.15, -0.1) is 0 Å². The van der Waals surface area contributed by atoms with Crippen molar-refractivity contribution < 1.29 is 13.6 Å². The third kappa shape index (κ3) is 4.75. The molecule has 7 rings (SSSR count). The number of amides is 1. The number of aromatic nitrogens is 6. The zero-order valence-electron chi connectivity index (χ0n) is 21.9. The number of hydrogen-bond acceptors (Lipinski definition) is 5. The molecule has 0 saturated carbocycles. The summed E-state index contributed by atoms with van der Waals surface area (Å²) in [7, 11) is 0. The lowest BCUT2D eigenvalue weighted by Crippen LogP contribution is -2.14. The van der Waals surface area contributed by atoms with Crippen LogP contribution in [0.25, 0.3) is 55.8 Å². The SMILES string of the molecule is O=C(Cc1ccccc1)Nc1cncc(-c2cc(F)c3n[nH]c(-c4nc5c(-c6ccc(F)cc6)nccc5[nH]4)c3c2)c1. The maximum atomic E-state index is 15.3. The van der Waals surface area contributed by atoms with E-state index in [9.17, 15) is 9.18 Å². The maximum Gasteiger partial charge on any atom is 0.228 e. The first-order valence-corrected chi connectivity index (χ1v) is 13.1. The van der Waals surface area contributed by atoms with Gasteiger partial charge in [0.05, 0.1) is 29.5 Å². The molecule has 10 heteroatoms. The number of pyridine rings is 2. The normalized spacial score (nSPS) is 11.3. The number of fused-ring (bicyclic) bond motifs is 2. The fraction of sp³-hybridized carbons (Fsp3) is 0.0312. The molecule has 3 aromatic carbocycles. The molecule has 0 fully saturated rings. The Bertz CT molecular complexity index is 2090. The molecule has 204 valence electrons. The molecule has 0 radical (unpaired) electrons. The predicted molar refractivity (Wildman–Crippen MR) is 156 cm³/mol. The molecule has 0 aliphatic carbocycles. The van der Waals surface area contributed by atoms with Crippen LogP contribution in [-0.4, -0.2) is 36.0 Å². The number of carbonyl (C=O) groups is 1. The minimum absolute atomic E-state index is 0.159. The number of aromatic amines is 2. The van der Waals surface area contributed by atoms with E-state index >= 15 is 4.39 Å². The number of nitrogens with zero attached hydrogens (tertiary/aromatic N) is 4. The van der Waals surface area contributed by atoms with Crippen molar-refractivity contribution in [3.63, 3.8) is 0 Å². The lowest BCUT2D eigenvalue weighted by Gasteiger charge is -2.08. The summed E-state index contributed by atoms with van der Waals surface area (Å²) >= 11 is 0. The van der Waals surface area contributed by atoms with Gasteiger partial charge in [-0.1, -0.05) is 30.3 Å². The van der Waals surface area contributed by atoms with Crippen molar-refractivity contribution in [2.45, 2.75) is 6.42 Å². The van der Waals surface area contributed by atoms with Gasteiger partial charge in [0.2, 0.25) is 5.91 Å².